The summed E-state index contributed by atoms with van der Waals surface area (Å²) in [6.07, 6.45) is 1.73. The Labute approximate surface area is 111 Å². The van der Waals surface area contributed by atoms with Gasteiger partial charge in [0.15, 0.2) is 11.5 Å². The molecule has 6 nitrogen and oxygen atoms in total. The highest BCUT2D eigenvalue weighted by molar-refractivity contribution is 6.12. The lowest BCUT2D eigenvalue weighted by atomic mass is 10.2. The predicted molar refractivity (Wildman–Crippen MR) is 73.0 cm³/mol. The second-order valence-corrected chi connectivity index (χ2v) is 4.68. The quantitative estimate of drug-likeness (QED) is 0.717. The van der Waals surface area contributed by atoms with Gasteiger partial charge in [-0.2, -0.15) is 5.10 Å². The van der Waals surface area contributed by atoms with Gasteiger partial charge < -0.3 is 9.80 Å². The Morgan fingerprint density at radius 3 is 2.63 bits per heavy atom. The van der Waals surface area contributed by atoms with Crippen LogP contribution in [0.15, 0.2) is 18.3 Å². The zero-order valence-corrected chi connectivity index (χ0v) is 11.4. The molecule has 0 unspecified atom stereocenters. The molecule has 3 heterocycles. The monoisotopic (exact) mass is 257 g/mol. The first-order valence-electron chi connectivity index (χ1n) is 6.02. The largest absolute Gasteiger partial charge is 0.324 e. The molecule has 0 bridgehead atoms. The summed E-state index contributed by atoms with van der Waals surface area (Å²) in [7, 11) is 5.45. The summed E-state index contributed by atoms with van der Waals surface area (Å²) in [6.45, 7) is 1.90. The van der Waals surface area contributed by atoms with E-state index in [4.69, 9.17) is 0 Å². The molecule has 3 rings (SSSR count). The summed E-state index contributed by atoms with van der Waals surface area (Å²) in [5.74, 6) is 0.685. The summed E-state index contributed by atoms with van der Waals surface area (Å²) in [6, 6.07) is 3.73. The lowest BCUT2D eigenvalue weighted by Crippen LogP contribution is -2.27. The third kappa shape index (κ3) is 1.46. The number of aromatic nitrogens is 3. The van der Waals surface area contributed by atoms with Gasteiger partial charge in [-0.25, -0.2) is 4.98 Å². The second-order valence-electron chi connectivity index (χ2n) is 4.68. The van der Waals surface area contributed by atoms with Crippen LogP contribution in [0.3, 0.4) is 0 Å². The number of rotatable bonds is 0. The highest BCUT2D eigenvalue weighted by Crippen LogP contribution is 2.38. The van der Waals surface area contributed by atoms with Crippen molar-refractivity contribution in [1.29, 1.82) is 0 Å². The van der Waals surface area contributed by atoms with Crippen molar-refractivity contribution in [3.63, 3.8) is 0 Å². The van der Waals surface area contributed by atoms with Gasteiger partial charge >= 0.3 is 0 Å². The summed E-state index contributed by atoms with van der Waals surface area (Å²) in [4.78, 5) is 20.5. The van der Waals surface area contributed by atoms with Crippen LogP contribution in [0.2, 0.25) is 0 Å². The molecule has 0 spiro atoms. The molecule has 0 saturated carbocycles. The molecular weight excluding hydrogens is 242 g/mol. The molecule has 0 fully saturated rings. The van der Waals surface area contributed by atoms with Crippen LogP contribution >= 0.6 is 0 Å². The number of carbonyl (C=O) groups excluding carboxylic acids is 1. The molecule has 19 heavy (non-hydrogen) atoms. The van der Waals surface area contributed by atoms with Crippen molar-refractivity contribution < 1.29 is 4.79 Å². The Morgan fingerprint density at radius 2 is 1.89 bits per heavy atom. The predicted octanol–water partition coefficient (Wildman–Crippen LogP) is 1.48. The average Bonchev–Trinajstić information content (AvgIpc) is 2.66. The third-order valence-corrected chi connectivity index (χ3v) is 3.48. The van der Waals surface area contributed by atoms with E-state index in [2.05, 4.69) is 10.1 Å². The molecule has 6 heteroatoms. The van der Waals surface area contributed by atoms with Gasteiger partial charge in [0.1, 0.15) is 0 Å². The van der Waals surface area contributed by atoms with Crippen molar-refractivity contribution in [3.05, 3.63) is 29.7 Å². The van der Waals surface area contributed by atoms with Gasteiger partial charge in [-0.15, -0.1) is 0 Å². The molecule has 0 N–H and O–H groups in total. The number of aryl methyl sites for hydroxylation is 2. The first kappa shape index (κ1) is 11.7. The fraction of sp³-hybridized carbons (Fsp3) is 0.308. The molecule has 0 aliphatic carbocycles. The number of amides is 1. The van der Waals surface area contributed by atoms with Crippen molar-refractivity contribution >= 4 is 23.1 Å². The zero-order chi connectivity index (χ0) is 13.7. The van der Waals surface area contributed by atoms with E-state index in [1.165, 1.54) is 0 Å². The Hall–Kier alpha value is -2.37. The van der Waals surface area contributed by atoms with Crippen molar-refractivity contribution in [2.24, 2.45) is 7.05 Å². The van der Waals surface area contributed by atoms with Crippen molar-refractivity contribution in [2.45, 2.75) is 6.92 Å². The van der Waals surface area contributed by atoms with Crippen LogP contribution in [-0.4, -0.2) is 34.8 Å². The molecule has 0 atom stereocenters. The van der Waals surface area contributed by atoms with Gasteiger partial charge in [-0.3, -0.25) is 9.48 Å². The van der Waals surface area contributed by atoms with Gasteiger partial charge in [-0.05, 0) is 19.1 Å². The molecule has 98 valence electrons. The standard InChI is InChI=1S/C13H15N5O/c1-8-10-11(18(4)15-8)13(19)16(2)9-6-5-7-14-12(9)17(10)3/h5-7H,1-4H3. The highest BCUT2D eigenvalue weighted by Gasteiger charge is 2.32. The summed E-state index contributed by atoms with van der Waals surface area (Å²) >= 11 is 0. The first-order chi connectivity index (χ1) is 9.02. The van der Waals surface area contributed by atoms with E-state index < -0.39 is 0 Å². The van der Waals surface area contributed by atoms with Gasteiger partial charge in [0.2, 0.25) is 0 Å². The zero-order valence-electron chi connectivity index (χ0n) is 11.4. The Balaban J connectivity index is 2.36. The SMILES string of the molecule is Cc1nn(C)c2c1N(C)c1ncccc1N(C)C2=O. The minimum Gasteiger partial charge on any atom is -0.324 e. The van der Waals surface area contributed by atoms with Gasteiger partial charge in [0.25, 0.3) is 5.91 Å². The van der Waals surface area contributed by atoms with E-state index >= 15 is 0 Å². The lowest BCUT2D eigenvalue weighted by molar-refractivity contribution is 0.0985. The van der Waals surface area contributed by atoms with Crippen LogP contribution in [0.5, 0.6) is 0 Å². The average molecular weight is 257 g/mol. The van der Waals surface area contributed by atoms with Crippen molar-refractivity contribution in [2.75, 3.05) is 23.9 Å². The third-order valence-electron chi connectivity index (χ3n) is 3.48. The van der Waals surface area contributed by atoms with Gasteiger partial charge in [0.05, 0.1) is 17.1 Å². The molecule has 1 aliphatic rings. The number of nitrogens with zero attached hydrogens (tertiary/aromatic N) is 5. The molecule has 0 aromatic carbocycles. The number of anilines is 3. The maximum absolute atomic E-state index is 12.6. The maximum atomic E-state index is 12.6. The Kier molecular flexibility index (Phi) is 2.35. The number of pyridine rings is 1. The summed E-state index contributed by atoms with van der Waals surface area (Å²) in [5.41, 5.74) is 3.02. The van der Waals surface area contributed by atoms with Crippen LogP contribution in [-0.2, 0) is 7.05 Å². The Morgan fingerprint density at radius 1 is 1.16 bits per heavy atom. The van der Waals surface area contributed by atoms with Gasteiger partial charge in [-0.1, -0.05) is 0 Å². The van der Waals surface area contributed by atoms with E-state index in [1.54, 1.807) is 29.9 Å². The molecule has 1 aliphatic heterocycles. The molecule has 2 aromatic heterocycles. The minimum absolute atomic E-state index is 0.0725. The summed E-state index contributed by atoms with van der Waals surface area (Å²) < 4.78 is 1.63. The van der Waals surface area contributed by atoms with E-state index in [0.717, 1.165) is 22.9 Å². The lowest BCUT2D eigenvalue weighted by Gasteiger charge is -2.20. The van der Waals surface area contributed by atoms with Crippen LogP contribution in [0.25, 0.3) is 0 Å². The smallest absolute Gasteiger partial charge is 0.278 e. The fourth-order valence-corrected chi connectivity index (χ4v) is 2.57. The Bertz CT molecular complexity index is 676. The van der Waals surface area contributed by atoms with E-state index in [9.17, 15) is 4.79 Å². The van der Waals surface area contributed by atoms with Gasteiger partial charge in [0, 0.05) is 27.3 Å². The number of hydrogen-bond donors (Lipinski definition) is 0. The first-order valence-corrected chi connectivity index (χ1v) is 6.02. The maximum Gasteiger partial charge on any atom is 0.278 e. The van der Waals surface area contributed by atoms with E-state index in [-0.39, 0.29) is 5.91 Å². The highest BCUT2D eigenvalue weighted by atomic mass is 16.2. The molecular formula is C13H15N5O. The number of carbonyl (C=O) groups is 1. The minimum atomic E-state index is -0.0725. The number of hydrogen-bond acceptors (Lipinski definition) is 4. The number of fused-ring (bicyclic) bond motifs is 2. The molecule has 2 aromatic rings. The molecule has 0 saturated heterocycles. The van der Waals surface area contributed by atoms with Crippen LogP contribution < -0.4 is 9.80 Å². The van der Waals surface area contributed by atoms with Crippen molar-refractivity contribution in [1.82, 2.24) is 14.8 Å². The van der Waals surface area contributed by atoms with E-state index in [1.807, 2.05) is 31.0 Å². The fourth-order valence-electron chi connectivity index (χ4n) is 2.57. The van der Waals surface area contributed by atoms with Crippen LogP contribution in [0, 0.1) is 6.92 Å². The van der Waals surface area contributed by atoms with Crippen molar-refractivity contribution in [3.8, 4) is 0 Å². The molecule has 1 amide bonds. The van der Waals surface area contributed by atoms with Crippen LogP contribution in [0.4, 0.5) is 17.2 Å². The molecule has 0 radical (unpaired) electrons. The summed E-state index contributed by atoms with van der Waals surface area (Å²) in [5, 5.41) is 4.34. The van der Waals surface area contributed by atoms with Crippen LogP contribution in [0.1, 0.15) is 16.2 Å². The second kappa shape index (κ2) is 3.81. The normalized spacial score (nSPS) is 14.2. The van der Waals surface area contributed by atoms with E-state index in [0.29, 0.717) is 5.69 Å². The topological polar surface area (TPSA) is 54.3 Å².